The van der Waals surface area contributed by atoms with Gasteiger partial charge in [-0.05, 0) is 49.2 Å². The number of ether oxygens (including phenoxy) is 4. The molecule has 2 aliphatic heterocycles. The summed E-state index contributed by atoms with van der Waals surface area (Å²) in [4.78, 5) is 26.8. The van der Waals surface area contributed by atoms with Gasteiger partial charge in [-0.15, -0.1) is 0 Å². The molecule has 8 heteroatoms. The lowest BCUT2D eigenvalue weighted by Gasteiger charge is -2.30. The minimum Gasteiger partial charge on any atom is -0.478 e. The van der Waals surface area contributed by atoms with E-state index in [0.29, 0.717) is 35.6 Å². The molecule has 1 saturated heterocycles. The first kappa shape index (κ1) is 20.5. The van der Waals surface area contributed by atoms with E-state index in [4.69, 9.17) is 18.6 Å². The number of benzene rings is 2. The Kier molecular flexibility index (Phi) is 5.55. The molecule has 2 aliphatic rings. The zero-order chi connectivity index (χ0) is 22.1. The predicted molar refractivity (Wildman–Crippen MR) is 115 cm³/mol. The third-order valence-corrected chi connectivity index (χ3v) is 5.74. The van der Waals surface area contributed by atoms with Gasteiger partial charge in [0.1, 0.15) is 30.1 Å². The molecular formula is C24H23NO7. The Hall–Kier alpha value is -3.36. The Labute approximate surface area is 184 Å². The summed E-state index contributed by atoms with van der Waals surface area (Å²) < 4.78 is 27.9. The van der Waals surface area contributed by atoms with Crippen molar-refractivity contribution < 1.29 is 28.2 Å². The average molecular weight is 437 g/mol. The van der Waals surface area contributed by atoms with E-state index in [1.807, 2.05) is 0 Å². The molecule has 32 heavy (non-hydrogen) atoms. The van der Waals surface area contributed by atoms with E-state index in [2.05, 4.69) is 9.64 Å². The molecule has 5 rings (SSSR count). The highest BCUT2D eigenvalue weighted by Gasteiger charge is 2.26. The number of hydrogen-bond donors (Lipinski definition) is 0. The van der Waals surface area contributed by atoms with E-state index in [9.17, 15) is 9.59 Å². The summed E-state index contributed by atoms with van der Waals surface area (Å²) in [7, 11) is 1.32. The lowest BCUT2D eigenvalue weighted by Crippen LogP contribution is -2.37. The minimum atomic E-state index is -0.442. The van der Waals surface area contributed by atoms with Gasteiger partial charge >= 0.3 is 5.97 Å². The van der Waals surface area contributed by atoms with Gasteiger partial charge in [0.25, 0.3) is 0 Å². The molecule has 1 fully saturated rings. The Morgan fingerprint density at radius 2 is 2.03 bits per heavy atom. The van der Waals surface area contributed by atoms with Crippen molar-refractivity contribution in [1.29, 1.82) is 0 Å². The number of rotatable bonds is 5. The van der Waals surface area contributed by atoms with Crippen LogP contribution in [-0.2, 0) is 16.0 Å². The highest BCUT2D eigenvalue weighted by molar-refractivity contribution is 5.89. The van der Waals surface area contributed by atoms with Crippen LogP contribution in [0.4, 0.5) is 0 Å². The van der Waals surface area contributed by atoms with Gasteiger partial charge in [0.15, 0.2) is 0 Å². The van der Waals surface area contributed by atoms with Gasteiger partial charge < -0.3 is 23.4 Å². The minimum absolute atomic E-state index is 0.0659. The quantitative estimate of drug-likeness (QED) is 0.559. The van der Waals surface area contributed by atoms with Crippen LogP contribution in [0.2, 0.25) is 0 Å². The highest BCUT2D eigenvalue weighted by Crippen LogP contribution is 2.33. The summed E-state index contributed by atoms with van der Waals surface area (Å²) in [6.07, 6.45) is 3.67. The fourth-order valence-electron chi connectivity index (χ4n) is 4.10. The van der Waals surface area contributed by atoms with Crippen molar-refractivity contribution in [2.45, 2.75) is 25.5 Å². The molecule has 3 heterocycles. The summed E-state index contributed by atoms with van der Waals surface area (Å²) in [6.45, 7) is 2.68. The van der Waals surface area contributed by atoms with Crippen LogP contribution in [0.1, 0.15) is 28.8 Å². The maximum atomic E-state index is 13.1. The first-order valence-corrected chi connectivity index (χ1v) is 10.5. The molecule has 8 nitrogen and oxygen atoms in total. The molecule has 2 aromatic carbocycles. The van der Waals surface area contributed by atoms with E-state index < -0.39 is 5.97 Å². The molecule has 0 unspecified atom stereocenters. The fraction of sp³-hybridized carbons (Fsp3) is 0.333. The normalized spacial score (nSPS) is 18.2. The number of carbonyl (C=O) groups excluding carboxylic acids is 1. The third kappa shape index (κ3) is 3.94. The third-order valence-electron chi connectivity index (χ3n) is 5.74. The van der Waals surface area contributed by atoms with E-state index in [1.54, 1.807) is 36.4 Å². The van der Waals surface area contributed by atoms with Gasteiger partial charge in [-0.25, -0.2) is 4.79 Å². The SMILES string of the molecule is COC(=O)c1ccc(Oc2coc3c4c(ccc3c2=O)OCN(C[C@H]2CCCO2)C4)cc1. The lowest BCUT2D eigenvalue weighted by molar-refractivity contribution is 0.0281. The molecule has 0 bridgehead atoms. The Morgan fingerprint density at radius 3 is 2.78 bits per heavy atom. The largest absolute Gasteiger partial charge is 0.478 e. The van der Waals surface area contributed by atoms with Crippen LogP contribution in [-0.4, -0.2) is 44.0 Å². The van der Waals surface area contributed by atoms with E-state index in [-0.39, 0.29) is 17.3 Å². The van der Waals surface area contributed by atoms with Crippen molar-refractivity contribution in [1.82, 2.24) is 4.90 Å². The Bertz CT molecular complexity index is 1200. The molecule has 0 radical (unpaired) electrons. The molecule has 0 saturated carbocycles. The summed E-state index contributed by atoms with van der Waals surface area (Å²) in [5.74, 6) is 0.753. The number of methoxy groups -OCH3 is 1. The molecule has 0 spiro atoms. The standard InChI is InChI=1S/C24H23NO7/c1-28-24(27)15-4-6-16(7-5-15)32-21-13-30-23-18(22(21)26)8-9-20-19(23)12-25(14-31-20)11-17-3-2-10-29-17/h4-9,13,17H,2-3,10-12,14H2,1H3/t17-/m1/s1. The number of nitrogens with zero attached hydrogens (tertiary/aromatic N) is 1. The molecule has 3 aromatic rings. The highest BCUT2D eigenvalue weighted by atomic mass is 16.5. The first-order chi connectivity index (χ1) is 15.6. The van der Waals surface area contributed by atoms with Crippen molar-refractivity contribution in [3.05, 3.63) is 64.0 Å². The second-order valence-electron chi connectivity index (χ2n) is 7.89. The Morgan fingerprint density at radius 1 is 1.19 bits per heavy atom. The topological polar surface area (TPSA) is 87.4 Å². The van der Waals surface area contributed by atoms with E-state index in [1.165, 1.54) is 13.4 Å². The van der Waals surface area contributed by atoms with Crippen LogP contribution >= 0.6 is 0 Å². The lowest BCUT2D eigenvalue weighted by atomic mass is 10.1. The molecule has 1 atom stereocenters. The summed E-state index contributed by atoms with van der Waals surface area (Å²) in [6, 6.07) is 9.83. The first-order valence-electron chi connectivity index (χ1n) is 10.5. The van der Waals surface area contributed by atoms with Crippen LogP contribution in [0, 0.1) is 0 Å². The Balaban J connectivity index is 1.40. The van der Waals surface area contributed by atoms with Crippen molar-refractivity contribution >= 4 is 16.9 Å². The van der Waals surface area contributed by atoms with Gasteiger partial charge in [0.05, 0.1) is 29.7 Å². The average Bonchev–Trinajstić information content (AvgIpc) is 3.33. The van der Waals surface area contributed by atoms with Crippen LogP contribution in [0.25, 0.3) is 11.0 Å². The molecule has 0 N–H and O–H groups in total. The number of hydrogen-bond acceptors (Lipinski definition) is 8. The van der Waals surface area contributed by atoms with E-state index in [0.717, 1.165) is 37.3 Å². The van der Waals surface area contributed by atoms with Crippen LogP contribution in [0.15, 0.2) is 51.9 Å². The smallest absolute Gasteiger partial charge is 0.337 e. The monoisotopic (exact) mass is 437 g/mol. The molecule has 0 aliphatic carbocycles. The van der Waals surface area contributed by atoms with Crippen LogP contribution in [0.3, 0.4) is 0 Å². The molecular weight excluding hydrogens is 414 g/mol. The number of esters is 1. The second-order valence-corrected chi connectivity index (χ2v) is 7.89. The fourth-order valence-corrected chi connectivity index (χ4v) is 4.10. The second kappa shape index (κ2) is 8.64. The summed E-state index contributed by atoms with van der Waals surface area (Å²) in [5.41, 5.74) is 1.46. The van der Waals surface area contributed by atoms with Gasteiger partial charge in [-0.2, -0.15) is 0 Å². The number of carbonyl (C=O) groups is 1. The molecule has 0 amide bonds. The predicted octanol–water partition coefficient (Wildman–Crippen LogP) is 3.70. The van der Waals surface area contributed by atoms with Gasteiger partial charge in [-0.3, -0.25) is 9.69 Å². The maximum Gasteiger partial charge on any atom is 0.337 e. The van der Waals surface area contributed by atoms with Crippen molar-refractivity contribution in [2.75, 3.05) is 27.0 Å². The summed E-state index contributed by atoms with van der Waals surface area (Å²) >= 11 is 0. The van der Waals surface area contributed by atoms with Gasteiger partial charge in [0, 0.05) is 19.7 Å². The zero-order valence-electron chi connectivity index (χ0n) is 17.7. The van der Waals surface area contributed by atoms with Gasteiger partial charge in [-0.1, -0.05) is 0 Å². The van der Waals surface area contributed by atoms with Crippen LogP contribution < -0.4 is 14.9 Å². The van der Waals surface area contributed by atoms with Gasteiger partial charge in [0.2, 0.25) is 11.2 Å². The maximum absolute atomic E-state index is 13.1. The molecule has 166 valence electrons. The van der Waals surface area contributed by atoms with Crippen molar-refractivity contribution in [2.24, 2.45) is 0 Å². The number of fused-ring (bicyclic) bond motifs is 3. The van der Waals surface area contributed by atoms with Crippen molar-refractivity contribution in [3.63, 3.8) is 0 Å². The van der Waals surface area contributed by atoms with E-state index >= 15 is 0 Å². The molecule has 1 aromatic heterocycles. The zero-order valence-corrected chi connectivity index (χ0v) is 17.7. The van der Waals surface area contributed by atoms with Crippen molar-refractivity contribution in [3.8, 4) is 17.2 Å². The van der Waals surface area contributed by atoms with Crippen LogP contribution in [0.5, 0.6) is 17.2 Å². The summed E-state index contributed by atoms with van der Waals surface area (Å²) in [5, 5.41) is 0.426.